The SMILES string of the molecule is CC1CCc2cnc(-c3cccc(F)c3)n2C1. The van der Waals surface area contributed by atoms with Crippen molar-refractivity contribution < 1.29 is 4.39 Å². The number of halogens is 1. The maximum Gasteiger partial charge on any atom is 0.140 e. The summed E-state index contributed by atoms with van der Waals surface area (Å²) in [6.07, 6.45) is 4.21. The van der Waals surface area contributed by atoms with Gasteiger partial charge in [0.2, 0.25) is 0 Å². The van der Waals surface area contributed by atoms with Crippen LogP contribution in [0.5, 0.6) is 0 Å². The van der Waals surface area contributed by atoms with Crippen molar-refractivity contribution in [2.45, 2.75) is 26.3 Å². The highest BCUT2D eigenvalue weighted by atomic mass is 19.1. The zero-order valence-electron chi connectivity index (χ0n) is 9.86. The Hall–Kier alpha value is -1.64. The van der Waals surface area contributed by atoms with Crippen molar-refractivity contribution in [3.05, 3.63) is 42.0 Å². The Kier molecular flexibility index (Phi) is 2.46. The molecule has 0 saturated carbocycles. The topological polar surface area (TPSA) is 17.8 Å². The third-order valence-corrected chi connectivity index (χ3v) is 3.41. The number of rotatable bonds is 1. The van der Waals surface area contributed by atoms with Crippen molar-refractivity contribution in [2.24, 2.45) is 5.92 Å². The minimum absolute atomic E-state index is 0.205. The van der Waals surface area contributed by atoms with Gasteiger partial charge in [-0.2, -0.15) is 0 Å². The number of nitrogens with zero attached hydrogens (tertiary/aromatic N) is 2. The van der Waals surface area contributed by atoms with Crippen molar-refractivity contribution in [1.82, 2.24) is 9.55 Å². The van der Waals surface area contributed by atoms with Crippen molar-refractivity contribution in [3.8, 4) is 11.4 Å². The molecule has 3 heteroatoms. The summed E-state index contributed by atoms with van der Waals surface area (Å²) in [6, 6.07) is 6.66. The highest BCUT2D eigenvalue weighted by Gasteiger charge is 2.19. The van der Waals surface area contributed by atoms with Crippen LogP contribution < -0.4 is 0 Å². The normalized spacial score (nSPS) is 19.1. The van der Waals surface area contributed by atoms with E-state index in [2.05, 4.69) is 16.5 Å². The molecule has 2 heterocycles. The lowest BCUT2D eigenvalue weighted by atomic mass is 10.00. The summed E-state index contributed by atoms with van der Waals surface area (Å²) in [4.78, 5) is 4.44. The van der Waals surface area contributed by atoms with Crippen molar-refractivity contribution in [1.29, 1.82) is 0 Å². The molecule has 0 radical (unpaired) electrons. The molecular weight excluding hydrogens is 215 g/mol. The smallest absolute Gasteiger partial charge is 0.140 e. The maximum atomic E-state index is 13.2. The van der Waals surface area contributed by atoms with Crippen LogP contribution >= 0.6 is 0 Å². The first-order chi connectivity index (χ1) is 8.24. The first kappa shape index (κ1) is 10.5. The second kappa shape index (κ2) is 3.99. The number of benzene rings is 1. The van der Waals surface area contributed by atoms with E-state index in [1.54, 1.807) is 12.1 Å². The summed E-state index contributed by atoms with van der Waals surface area (Å²) in [5.41, 5.74) is 2.13. The molecule has 1 aliphatic heterocycles. The van der Waals surface area contributed by atoms with Crippen LogP contribution in [0.3, 0.4) is 0 Å². The molecule has 0 amide bonds. The number of hydrogen-bond donors (Lipinski definition) is 0. The average molecular weight is 230 g/mol. The summed E-state index contributed by atoms with van der Waals surface area (Å²) >= 11 is 0. The summed E-state index contributed by atoms with van der Waals surface area (Å²) in [6.45, 7) is 3.24. The van der Waals surface area contributed by atoms with Gasteiger partial charge in [0.05, 0.1) is 0 Å². The van der Waals surface area contributed by atoms with Gasteiger partial charge in [0, 0.05) is 24.0 Å². The van der Waals surface area contributed by atoms with Gasteiger partial charge in [0.15, 0.2) is 0 Å². The Morgan fingerprint density at radius 1 is 1.41 bits per heavy atom. The predicted octanol–water partition coefficient (Wildman–Crippen LogP) is 3.27. The molecule has 1 atom stereocenters. The zero-order valence-corrected chi connectivity index (χ0v) is 9.86. The molecule has 2 aromatic rings. The number of hydrogen-bond acceptors (Lipinski definition) is 1. The van der Waals surface area contributed by atoms with E-state index in [9.17, 15) is 4.39 Å². The van der Waals surface area contributed by atoms with Crippen LogP contribution in [0, 0.1) is 11.7 Å². The van der Waals surface area contributed by atoms with Gasteiger partial charge in [-0.1, -0.05) is 19.1 Å². The van der Waals surface area contributed by atoms with Crippen molar-refractivity contribution in [2.75, 3.05) is 0 Å². The van der Waals surface area contributed by atoms with Gasteiger partial charge in [-0.25, -0.2) is 9.37 Å². The van der Waals surface area contributed by atoms with Crippen LogP contribution in [-0.2, 0) is 13.0 Å². The van der Waals surface area contributed by atoms with Gasteiger partial charge in [-0.05, 0) is 30.9 Å². The molecule has 0 aliphatic carbocycles. The highest BCUT2D eigenvalue weighted by Crippen LogP contribution is 2.27. The molecule has 0 saturated heterocycles. The fraction of sp³-hybridized carbons (Fsp3) is 0.357. The first-order valence-corrected chi connectivity index (χ1v) is 6.04. The fourth-order valence-corrected chi connectivity index (χ4v) is 2.47. The van der Waals surface area contributed by atoms with Crippen LogP contribution in [0.25, 0.3) is 11.4 Å². The van der Waals surface area contributed by atoms with E-state index >= 15 is 0 Å². The van der Waals surface area contributed by atoms with Crippen LogP contribution in [0.1, 0.15) is 19.0 Å². The van der Waals surface area contributed by atoms with Crippen LogP contribution in [0.2, 0.25) is 0 Å². The molecule has 0 fully saturated rings. The van der Waals surface area contributed by atoms with Crippen LogP contribution in [0.15, 0.2) is 30.5 Å². The molecule has 0 N–H and O–H groups in total. The lowest BCUT2D eigenvalue weighted by Crippen LogP contribution is -2.18. The molecule has 1 aromatic carbocycles. The van der Waals surface area contributed by atoms with Crippen LogP contribution in [-0.4, -0.2) is 9.55 Å². The van der Waals surface area contributed by atoms with E-state index in [0.717, 1.165) is 24.4 Å². The monoisotopic (exact) mass is 230 g/mol. The van der Waals surface area contributed by atoms with E-state index < -0.39 is 0 Å². The minimum atomic E-state index is -0.205. The Morgan fingerprint density at radius 3 is 3.12 bits per heavy atom. The highest BCUT2D eigenvalue weighted by molar-refractivity contribution is 5.56. The lowest BCUT2D eigenvalue weighted by molar-refractivity contribution is 0.402. The first-order valence-electron chi connectivity index (χ1n) is 6.04. The third kappa shape index (κ3) is 1.86. The molecule has 3 rings (SSSR count). The molecule has 1 unspecified atom stereocenters. The summed E-state index contributed by atoms with van der Waals surface area (Å²) in [5.74, 6) is 1.36. The summed E-state index contributed by atoms with van der Waals surface area (Å²) in [5, 5.41) is 0. The van der Waals surface area contributed by atoms with Gasteiger partial charge in [0.1, 0.15) is 11.6 Å². The van der Waals surface area contributed by atoms with Crippen molar-refractivity contribution in [3.63, 3.8) is 0 Å². The van der Waals surface area contributed by atoms with Crippen molar-refractivity contribution >= 4 is 0 Å². The van der Waals surface area contributed by atoms with Gasteiger partial charge in [-0.3, -0.25) is 0 Å². The number of imidazole rings is 1. The number of fused-ring (bicyclic) bond motifs is 1. The lowest BCUT2D eigenvalue weighted by Gasteiger charge is -2.22. The molecule has 1 aliphatic rings. The molecule has 17 heavy (non-hydrogen) atoms. The molecule has 1 aromatic heterocycles. The Morgan fingerprint density at radius 2 is 2.29 bits per heavy atom. The van der Waals surface area contributed by atoms with Gasteiger partial charge in [-0.15, -0.1) is 0 Å². The summed E-state index contributed by atoms with van der Waals surface area (Å²) < 4.78 is 15.5. The predicted molar refractivity (Wildman–Crippen MR) is 65.1 cm³/mol. The Labute approximate surface area is 100 Å². The molecule has 88 valence electrons. The quantitative estimate of drug-likeness (QED) is 0.735. The zero-order chi connectivity index (χ0) is 11.8. The minimum Gasteiger partial charge on any atom is -0.328 e. The van der Waals surface area contributed by atoms with Gasteiger partial charge < -0.3 is 4.57 Å². The Balaban J connectivity index is 2.07. The van der Waals surface area contributed by atoms with E-state index in [4.69, 9.17) is 0 Å². The molecular formula is C14H15FN2. The van der Waals surface area contributed by atoms with E-state index in [1.807, 2.05) is 12.3 Å². The largest absolute Gasteiger partial charge is 0.328 e. The number of aromatic nitrogens is 2. The fourth-order valence-electron chi connectivity index (χ4n) is 2.47. The van der Waals surface area contributed by atoms with E-state index in [0.29, 0.717) is 5.92 Å². The molecule has 2 nitrogen and oxygen atoms in total. The van der Waals surface area contributed by atoms with Gasteiger partial charge >= 0.3 is 0 Å². The third-order valence-electron chi connectivity index (χ3n) is 3.41. The Bertz CT molecular complexity index is 545. The van der Waals surface area contributed by atoms with Gasteiger partial charge in [0.25, 0.3) is 0 Å². The van der Waals surface area contributed by atoms with Crippen LogP contribution in [0.4, 0.5) is 4.39 Å². The number of aryl methyl sites for hydroxylation is 1. The van der Waals surface area contributed by atoms with E-state index in [1.165, 1.54) is 18.2 Å². The molecule has 0 spiro atoms. The second-order valence-corrected chi connectivity index (χ2v) is 4.84. The maximum absolute atomic E-state index is 13.2. The average Bonchev–Trinajstić information content (AvgIpc) is 2.71. The molecule has 0 bridgehead atoms. The summed E-state index contributed by atoms with van der Waals surface area (Å²) in [7, 11) is 0. The standard InChI is InChI=1S/C14H15FN2/c1-10-5-6-13-8-16-14(17(13)9-10)11-3-2-4-12(15)7-11/h2-4,7-8,10H,5-6,9H2,1H3. The second-order valence-electron chi connectivity index (χ2n) is 4.84. The van der Waals surface area contributed by atoms with E-state index in [-0.39, 0.29) is 5.82 Å².